The van der Waals surface area contributed by atoms with E-state index in [9.17, 15) is 17.6 Å². The van der Waals surface area contributed by atoms with Crippen LogP contribution in [0.4, 0.5) is 9.52 Å². The van der Waals surface area contributed by atoms with E-state index < -0.39 is 15.9 Å². The zero-order valence-electron chi connectivity index (χ0n) is 20.3. The number of carbonyl (C=O) groups is 1. The summed E-state index contributed by atoms with van der Waals surface area (Å²) in [7, 11) is -2.14. The molecule has 9 nitrogen and oxygen atoms in total. The highest BCUT2D eigenvalue weighted by Crippen LogP contribution is 2.32. The third-order valence-electron chi connectivity index (χ3n) is 5.86. The van der Waals surface area contributed by atoms with Gasteiger partial charge >= 0.3 is 0 Å². The topological polar surface area (TPSA) is 101 Å². The fourth-order valence-electron chi connectivity index (χ4n) is 3.80. The third-order valence-corrected chi connectivity index (χ3v) is 8.77. The van der Waals surface area contributed by atoms with Crippen molar-refractivity contribution in [1.82, 2.24) is 9.29 Å². The minimum absolute atomic E-state index is 0.0874. The van der Waals surface area contributed by atoms with Crippen LogP contribution in [-0.4, -0.2) is 63.2 Å². The second kappa shape index (κ2) is 11.0. The van der Waals surface area contributed by atoms with Crippen molar-refractivity contribution in [2.24, 2.45) is 5.10 Å². The zero-order valence-corrected chi connectivity index (χ0v) is 21.9. The molecule has 0 saturated carbocycles. The quantitative estimate of drug-likeness (QED) is 0.251. The number of amides is 1. The van der Waals surface area contributed by atoms with Crippen molar-refractivity contribution in [2.75, 3.05) is 38.4 Å². The number of ether oxygens (including phenoxy) is 2. The Kier molecular flexibility index (Phi) is 7.47. The standard InChI is InChI=1S/C26H23FN4O5S2/c1-35-21-8-11-23-24(16-21)37-26(29-23)31(28-17-18-2-6-20(27)7-3-18)25(32)19-4-9-22(10-5-19)38(33,34)30-12-14-36-15-13-30/h2-11,16-17H,12-15H2,1H3/b28-17+. The molecule has 1 fully saturated rings. The van der Waals surface area contributed by atoms with Crippen LogP contribution in [0.25, 0.3) is 10.2 Å². The molecule has 12 heteroatoms. The van der Waals surface area contributed by atoms with Crippen molar-refractivity contribution in [1.29, 1.82) is 0 Å². The first-order chi connectivity index (χ1) is 18.3. The Morgan fingerprint density at radius 2 is 1.82 bits per heavy atom. The Hall–Kier alpha value is -3.71. The first kappa shape index (κ1) is 25.9. The lowest BCUT2D eigenvalue weighted by atomic mass is 10.2. The van der Waals surface area contributed by atoms with E-state index in [1.165, 1.54) is 70.4 Å². The molecular formula is C26H23FN4O5S2. The van der Waals surface area contributed by atoms with Crippen LogP contribution in [-0.2, 0) is 14.8 Å². The summed E-state index contributed by atoms with van der Waals surface area (Å²) in [5.41, 5.74) is 1.46. The Morgan fingerprint density at radius 1 is 1.11 bits per heavy atom. The van der Waals surface area contributed by atoms with Crippen molar-refractivity contribution in [3.05, 3.63) is 83.7 Å². The summed E-state index contributed by atoms with van der Waals surface area (Å²) in [5, 5.41) is 5.82. The predicted octanol–water partition coefficient (Wildman–Crippen LogP) is 4.15. The number of thiazole rings is 1. The Morgan fingerprint density at radius 3 is 2.50 bits per heavy atom. The van der Waals surface area contributed by atoms with Crippen LogP contribution >= 0.6 is 11.3 Å². The first-order valence-corrected chi connectivity index (χ1v) is 13.9. The van der Waals surface area contributed by atoms with Gasteiger partial charge in [-0.05, 0) is 60.2 Å². The van der Waals surface area contributed by atoms with Crippen molar-refractivity contribution in [2.45, 2.75) is 4.90 Å². The van der Waals surface area contributed by atoms with Gasteiger partial charge in [0.15, 0.2) is 0 Å². The second-order valence-electron chi connectivity index (χ2n) is 8.28. The molecule has 0 unspecified atom stereocenters. The lowest BCUT2D eigenvalue weighted by Crippen LogP contribution is -2.40. The number of rotatable bonds is 7. The van der Waals surface area contributed by atoms with E-state index in [2.05, 4.69) is 10.1 Å². The van der Waals surface area contributed by atoms with Crippen LogP contribution in [0.3, 0.4) is 0 Å². The average molecular weight is 555 g/mol. The molecule has 2 heterocycles. The van der Waals surface area contributed by atoms with E-state index in [1.54, 1.807) is 19.2 Å². The number of carbonyl (C=O) groups excluding carboxylic acids is 1. The van der Waals surface area contributed by atoms with E-state index in [1.807, 2.05) is 6.07 Å². The van der Waals surface area contributed by atoms with Gasteiger partial charge < -0.3 is 9.47 Å². The molecule has 4 aromatic rings. The number of anilines is 1. The van der Waals surface area contributed by atoms with Gasteiger partial charge in [0.2, 0.25) is 15.2 Å². The van der Waals surface area contributed by atoms with Gasteiger partial charge in [-0.2, -0.15) is 14.4 Å². The van der Waals surface area contributed by atoms with Crippen LogP contribution in [0.15, 0.2) is 76.7 Å². The van der Waals surface area contributed by atoms with Gasteiger partial charge in [-0.25, -0.2) is 17.8 Å². The SMILES string of the molecule is COc1ccc2nc(N(/N=C/c3ccc(F)cc3)C(=O)c3ccc(S(=O)(=O)N4CCOCC4)cc3)sc2c1. The van der Waals surface area contributed by atoms with Gasteiger partial charge in [0.05, 0.1) is 41.7 Å². The molecule has 5 rings (SSSR count). The summed E-state index contributed by atoms with van der Waals surface area (Å²) in [4.78, 5) is 18.2. The molecule has 0 N–H and O–H groups in total. The number of halogens is 1. The lowest BCUT2D eigenvalue weighted by Gasteiger charge is -2.26. The van der Waals surface area contributed by atoms with Crippen LogP contribution in [0.2, 0.25) is 0 Å². The Labute approximate surface area is 222 Å². The number of morpholine rings is 1. The van der Waals surface area contributed by atoms with E-state index in [4.69, 9.17) is 9.47 Å². The van der Waals surface area contributed by atoms with E-state index in [0.717, 1.165) is 9.71 Å². The number of sulfonamides is 1. The van der Waals surface area contributed by atoms with Crippen molar-refractivity contribution in [3.8, 4) is 5.75 Å². The van der Waals surface area contributed by atoms with Gasteiger partial charge in [-0.3, -0.25) is 4.79 Å². The lowest BCUT2D eigenvalue weighted by molar-refractivity contribution is 0.0730. The molecule has 38 heavy (non-hydrogen) atoms. The number of hydrazone groups is 1. The molecule has 1 aromatic heterocycles. The van der Waals surface area contributed by atoms with Crippen LogP contribution in [0.1, 0.15) is 15.9 Å². The normalized spacial score (nSPS) is 14.7. The summed E-state index contributed by atoms with van der Waals surface area (Å²) in [6, 6.07) is 16.8. The van der Waals surface area contributed by atoms with E-state index in [0.29, 0.717) is 35.2 Å². The number of hydrogen-bond donors (Lipinski definition) is 0. The minimum Gasteiger partial charge on any atom is -0.497 e. The average Bonchev–Trinajstić information content (AvgIpc) is 3.37. The van der Waals surface area contributed by atoms with Crippen molar-refractivity contribution in [3.63, 3.8) is 0 Å². The minimum atomic E-state index is -3.70. The smallest absolute Gasteiger partial charge is 0.280 e. The fraction of sp³-hybridized carbons (Fsp3) is 0.192. The molecule has 1 aliphatic heterocycles. The van der Waals surface area contributed by atoms with Gasteiger partial charge in [-0.1, -0.05) is 23.5 Å². The monoisotopic (exact) mass is 554 g/mol. The Balaban J connectivity index is 1.48. The molecule has 0 spiro atoms. The van der Waals surface area contributed by atoms with E-state index in [-0.39, 0.29) is 29.4 Å². The summed E-state index contributed by atoms with van der Waals surface area (Å²) in [6.45, 7) is 1.23. The first-order valence-electron chi connectivity index (χ1n) is 11.6. The molecule has 3 aromatic carbocycles. The maximum absolute atomic E-state index is 13.6. The third kappa shape index (κ3) is 5.43. The van der Waals surface area contributed by atoms with Crippen molar-refractivity contribution < 1.29 is 27.1 Å². The van der Waals surface area contributed by atoms with Crippen LogP contribution in [0, 0.1) is 5.82 Å². The van der Waals surface area contributed by atoms with E-state index >= 15 is 0 Å². The molecule has 0 radical (unpaired) electrons. The van der Waals surface area contributed by atoms with Crippen molar-refractivity contribution >= 4 is 48.8 Å². The molecule has 0 aliphatic carbocycles. The molecule has 0 atom stereocenters. The number of benzene rings is 3. The highest BCUT2D eigenvalue weighted by atomic mass is 32.2. The maximum Gasteiger partial charge on any atom is 0.280 e. The van der Waals surface area contributed by atoms with Gasteiger partial charge in [0.1, 0.15) is 11.6 Å². The molecule has 0 bridgehead atoms. The predicted molar refractivity (Wildman–Crippen MR) is 143 cm³/mol. The second-order valence-corrected chi connectivity index (χ2v) is 11.2. The number of fused-ring (bicyclic) bond motifs is 1. The number of methoxy groups -OCH3 is 1. The van der Waals surface area contributed by atoms with Gasteiger partial charge in [0, 0.05) is 18.7 Å². The highest BCUT2D eigenvalue weighted by molar-refractivity contribution is 7.89. The fourth-order valence-corrected chi connectivity index (χ4v) is 6.16. The van der Waals surface area contributed by atoms with Crippen LogP contribution in [0.5, 0.6) is 5.75 Å². The summed E-state index contributed by atoms with van der Waals surface area (Å²) >= 11 is 1.25. The summed E-state index contributed by atoms with van der Waals surface area (Å²) < 4.78 is 52.0. The summed E-state index contributed by atoms with van der Waals surface area (Å²) in [5.74, 6) is -0.246. The maximum atomic E-state index is 13.6. The number of hydrogen-bond acceptors (Lipinski definition) is 8. The highest BCUT2D eigenvalue weighted by Gasteiger charge is 2.27. The Bertz CT molecular complexity index is 1580. The van der Waals surface area contributed by atoms with Crippen LogP contribution < -0.4 is 9.75 Å². The largest absolute Gasteiger partial charge is 0.497 e. The molecule has 1 aliphatic rings. The molecule has 1 amide bonds. The number of aromatic nitrogens is 1. The number of nitrogens with zero attached hydrogens (tertiary/aromatic N) is 4. The summed E-state index contributed by atoms with van der Waals surface area (Å²) in [6.07, 6.45) is 1.43. The zero-order chi connectivity index (χ0) is 26.7. The molecular weight excluding hydrogens is 531 g/mol. The van der Waals surface area contributed by atoms with Gasteiger partial charge in [-0.15, -0.1) is 0 Å². The molecule has 1 saturated heterocycles. The molecule has 196 valence electrons. The van der Waals surface area contributed by atoms with Gasteiger partial charge in [0.25, 0.3) is 5.91 Å².